The van der Waals surface area contributed by atoms with Crippen LogP contribution >= 0.6 is 0 Å². The van der Waals surface area contributed by atoms with Crippen molar-refractivity contribution in [3.05, 3.63) is 48.5 Å². The lowest BCUT2D eigenvalue weighted by molar-refractivity contribution is -0.274. The van der Waals surface area contributed by atoms with Gasteiger partial charge < -0.3 is 14.2 Å². The zero-order chi connectivity index (χ0) is 23.1. The molecule has 0 amide bonds. The van der Waals surface area contributed by atoms with Crippen molar-refractivity contribution >= 4 is 27.4 Å². The quantitative estimate of drug-likeness (QED) is 0.488. The molecule has 0 aliphatic carbocycles. The van der Waals surface area contributed by atoms with Crippen LogP contribution in [0.15, 0.2) is 48.5 Å². The predicted octanol–water partition coefficient (Wildman–Crippen LogP) is 4.41. The van der Waals surface area contributed by atoms with E-state index in [-0.39, 0.29) is 24.4 Å². The normalized spacial score (nSPS) is 11.6. The van der Waals surface area contributed by atoms with E-state index in [0.717, 1.165) is 16.4 Å². The fraction of sp³-hybridized carbons (Fsp3) is 0.350. The van der Waals surface area contributed by atoms with Crippen LogP contribution in [0.1, 0.15) is 20.3 Å². The van der Waals surface area contributed by atoms with Crippen molar-refractivity contribution in [2.75, 3.05) is 23.3 Å². The minimum absolute atomic E-state index is 0.0718. The molecule has 0 N–H and O–H groups in total. The molecular formula is C20H22F3NO6S. The molecule has 0 bridgehead atoms. The number of carbonyl (C=O) groups excluding carboxylic acids is 1. The number of sulfonamides is 1. The second-order valence-electron chi connectivity index (χ2n) is 6.10. The van der Waals surface area contributed by atoms with Gasteiger partial charge in [0.05, 0.1) is 36.8 Å². The topological polar surface area (TPSA) is 82.1 Å². The molecule has 7 nitrogen and oxygen atoms in total. The van der Waals surface area contributed by atoms with E-state index in [1.54, 1.807) is 26.0 Å². The van der Waals surface area contributed by atoms with Crippen molar-refractivity contribution in [3.8, 4) is 11.5 Å². The summed E-state index contributed by atoms with van der Waals surface area (Å²) in [6, 6.07) is 10.5. The Hall–Kier alpha value is -2.95. The number of rotatable bonds is 10. The van der Waals surface area contributed by atoms with Crippen molar-refractivity contribution in [1.82, 2.24) is 0 Å². The Labute approximate surface area is 178 Å². The highest BCUT2D eigenvalue weighted by molar-refractivity contribution is 7.93. The molecule has 31 heavy (non-hydrogen) atoms. The zero-order valence-electron chi connectivity index (χ0n) is 16.9. The highest BCUT2D eigenvalue weighted by atomic mass is 32.2. The van der Waals surface area contributed by atoms with Crippen LogP contribution in [0.25, 0.3) is 0 Å². The SMILES string of the molecule is CCOC(=O)CCS(=O)(=O)N(c1ccc(OCC)cc1)c1ccc(OC(F)(F)F)cc1. The summed E-state index contributed by atoms with van der Waals surface area (Å²) in [5.41, 5.74) is 0.291. The molecule has 0 atom stereocenters. The summed E-state index contributed by atoms with van der Waals surface area (Å²) in [5.74, 6) is -1.21. The third-order valence-electron chi connectivity index (χ3n) is 3.83. The number of carbonyl (C=O) groups is 1. The Kier molecular flexibility index (Phi) is 8.14. The Morgan fingerprint density at radius 1 is 0.903 bits per heavy atom. The van der Waals surface area contributed by atoms with Crippen LogP contribution in [0, 0.1) is 0 Å². The summed E-state index contributed by atoms with van der Waals surface area (Å²) in [7, 11) is -4.09. The number of anilines is 2. The van der Waals surface area contributed by atoms with Gasteiger partial charge in [-0.2, -0.15) is 0 Å². The van der Waals surface area contributed by atoms with Crippen LogP contribution in [0.5, 0.6) is 11.5 Å². The zero-order valence-corrected chi connectivity index (χ0v) is 17.7. The molecule has 0 aliphatic heterocycles. The van der Waals surface area contributed by atoms with Crippen molar-refractivity contribution in [2.45, 2.75) is 26.6 Å². The summed E-state index contributed by atoms with van der Waals surface area (Å²) in [5, 5.41) is 0. The third kappa shape index (κ3) is 7.35. The maximum atomic E-state index is 13.0. The molecule has 2 aromatic carbocycles. The molecule has 170 valence electrons. The number of esters is 1. The fourth-order valence-corrected chi connectivity index (χ4v) is 4.13. The first-order valence-electron chi connectivity index (χ1n) is 9.33. The minimum Gasteiger partial charge on any atom is -0.494 e. The van der Waals surface area contributed by atoms with Crippen LogP contribution in [0.2, 0.25) is 0 Å². The smallest absolute Gasteiger partial charge is 0.494 e. The first-order valence-corrected chi connectivity index (χ1v) is 10.9. The molecule has 0 radical (unpaired) electrons. The Balaban J connectivity index is 2.39. The van der Waals surface area contributed by atoms with E-state index in [9.17, 15) is 26.4 Å². The summed E-state index contributed by atoms with van der Waals surface area (Å²) in [6.07, 6.45) is -5.25. The van der Waals surface area contributed by atoms with Crippen LogP contribution in [0.3, 0.4) is 0 Å². The number of alkyl halides is 3. The molecule has 0 unspecified atom stereocenters. The number of ether oxygens (including phenoxy) is 3. The highest BCUT2D eigenvalue weighted by Gasteiger charge is 2.31. The van der Waals surface area contributed by atoms with E-state index in [1.807, 2.05) is 0 Å². The monoisotopic (exact) mass is 461 g/mol. The number of nitrogens with zero attached hydrogens (tertiary/aromatic N) is 1. The van der Waals surface area contributed by atoms with Gasteiger partial charge in [-0.05, 0) is 62.4 Å². The lowest BCUT2D eigenvalue weighted by atomic mass is 10.2. The molecule has 2 rings (SSSR count). The summed E-state index contributed by atoms with van der Waals surface area (Å²) >= 11 is 0. The standard InChI is InChI=1S/C20H22F3NO6S/c1-3-28-17-9-5-15(6-10-17)24(31(26,27)14-13-19(25)29-4-2)16-7-11-18(12-8-16)30-20(21,22)23/h5-12H,3-4,13-14H2,1-2H3. The van der Waals surface area contributed by atoms with E-state index < -0.39 is 33.9 Å². The summed E-state index contributed by atoms with van der Waals surface area (Å²) < 4.78 is 78.2. The maximum absolute atomic E-state index is 13.0. The average molecular weight is 461 g/mol. The second kappa shape index (κ2) is 10.4. The fourth-order valence-electron chi connectivity index (χ4n) is 2.63. The molecule has 0 fully saturated rings. The van der Waals surface area contributed by atoms with Crippen LogP contribution < -0.4 is 13.8 Å². The largest absolute Gasteiger partial charge is 0.573 e. The predicted molar refractivity (Wildman–Crippen MR) is 108 cm³/mol. The number of hydrogen-bond acceptors (Lipinski definition) is 6. The molecule has 0 aromatic heterocycles. The third-order valence-corrected chi connectivity index (χ3v) is 5.53. The van der Waals surface area contributed by atoms with Crippen molar-refractivity contribution in [1.29, 1.82) is 0 Å². The maximum Gasteiger partial charge on any atom is 0.573 e. The van der Waals surface area contributed by atoms with E-state index in [0.29, 0.717) is 12.4 Å². The van der Waals surface area contributed by atoms with Gasteiger partial charge in [0.2, 0.25) is 10.0 Å². The van der Waals surface area contributed by atoms with Gasteiger partial charge in [-0.1, -0.05) is 0 Å². The molecule has 2 aromatic rings. The van der Waals surface area contributed by atoms with Crippen molar-refractivity contribution in [2.24, 2.45) is 0 Å². The van der Waals surface area contributed by atoms with Gasteiger partial charge in [0, 0.05) is 0 Å². The minimum atomic E-state index is -4.87. The highest BCUT2D eigenvalue weighted by Crippen LogP contribution is 2.33. The first-order chi connectivity index (χ1) is 14.6. The number of hydrogen-bond donors (Lipinski definition) is 0. The molecule has 11 heteroatoms. The molecule has 0 heterocycles. The van der Waals surface area contributed by atoms with Gasteiger partial charge >= 0.3 is 12.3 Å². The van der Waals surface area contributed by atoms with Gasteiger partial charge in [0.1, 0.15) is 11.5 Å². The van der Waals surface area contributed by atoms with Gasteiger partial charge in [-0.15, -0.1) is 13.2 Å². The Bertz CT molecular complexity index is 960. The van der Waals surface area contributed by atoms with E-state index in [2.05, 4.69) is 4.74 Å². The van der Waals surface area contributed by atoms with Gasteiger partial charge in [-0.3, -0.25) is 4.79 Å². The molecule has 0 aliphatic rings. The van der Waals surface area contributed by atoms with Gasteiger partial charge in [-0.25, -0.2) is 12.7 Å². The Morgan fingerprint density at radius 2 is 1.42 bits per heavy atom. The van der Waals surface area contributed by atoms with Gasteiger partial charge in [0.15, 0.2) is 0 Å². The second-order valence-corrected chi connectivity index (χ2v) is 8.04. The number of benzene rings is 2. The van der Waals surface area contributed by atoms with Crippen LogP contribution in [0.4, 0.5) is 24.5 Å². The van der Waals surface area contributed by atoms with Crippen molar-refractivity contribution in [3.63, 3.8) is 0 Å². The molecular weight excluding hydrogens is 439 g/mol. The molecule has 0 saturated carbocycles. The lowest BCUT2D eigenvalue weighted by Crippen LogP contribution is -2.30. The van der Waals surface area contributed by atoms with Gasteiger partial charge in [0.25, 0.3) is 0 Å². The van der Waals surface area contributed by atoms with Crippen LogP contribution in [-0.2, 0) is 19.6 Å². The summed E-state index contributed by atoms with van der Waals surface area (Å²) in [6.45, 7) is 3.93. The van der Waals surface area contributed by atoms with Crippen molar-refractivity contribution < 1.29 is 40.6 Å². The number of halogens is 3. The van der Waals surface area contributed by atoms with E-state index in [4.69, 9.17) is 9.47 Å². The van der Waals surface area contributed by atoms with E-state index >= 15 is 0 Å². The Morgan fingerprint density at radius 3 is 1.87 bits per heavy atom. The average Bonchev–Trinajstić information content (AvgIpc) is 2.69. The van der Waals surface area contributed by atoms with E-state index in [1.165, 1.54) is 24.3 Å². The summed E-state index contributed by atoms with van der Waals surface area (Å²) in [4.78, 5) is 11.6. The molecule has 0 spiro atoms. The van der Waals surface area contributed by atoms with Crippen LogP contribution in [-0.4, -0.2) is 39.7 Å². The lowest BCUT2D eigenvalue weighted by Gasteiger charge is -2.25. The molecule has 0 saturated heterocycles. The first kappa shape index (κ1) is 24.3.